The van der Waals surface area contributed by atoms with Gasteiger partial charge in [-0.15, -0.1) is 0 Å². The van der Waals surface area contributed by atoms with Gasteiger partial charge in [0.05, 0.1) is 11.4 Å². The van der Waals surface area contributed by atoms with Crippen molar-refractivity contribution in [1.29, 1.82) is 0 Å². The second-order valence-electron chi connectivity index (χ2n) is 6.56. The first-order valence-corrected chi connectivity index (χ1v) is 9.87. The summed E-state index contributed by atoms with van der Waals surface area (Å²) < 4.78 is 1.78. The predicted molar refractivity (Wildman–Crippen MR) is 112 cm³/mol. The molecule has 1 amide bonds. The number of carbonyl (C=O) groups excluding carboxylic acids is 1. The van der Waals surface area contributed by atoms with E-state index in [1.807, 2.05) is 54.6 Å². The van der Waals surface area contributed by atoms with Gasteiger partial charge >= 0.3 is 0 Å². The third-order valence-corrected chi connectivity index (χ3v) is 4.71. The Hall–Kier alpha value is -2.63. The van der Waals surface area contributed by atoms with E-state index in [2.05, 4.69) is 10.4 Å². The number of unbranched alkanes of at least 4 members (excludes halogenated alkanes) is 3. The Morgan fingerprint density at radius 3 is 2.43 bits per heavy atom. The third kappa shape index (κ3) is 5.21. The lowest BCUT2D eigenvalue weighted by atomic mass is 10.1. The van der Waals surface area contributed by atoms with Crippen LogP contribution in [0.1, 0.15) is 36.2 Å². The molecule has 5 nitrogen and oxygen atoms in total. The molecule has 0 aliphatic heterocycles. The van der Waals surface area contributed by atoms with E-state index in [0.717, 1.165) is 42.6 Å². The molecule has 0 aliphatic rings. The molecule has 2 aromatic carbocycles. The first kappa shape index (κ1) is 20.1. The number of hydrogen-bond acceptors (Lipinski definition) is 3. The molecule has 3 aromatic rings. The van der Waals surface area contributed by atoms with Crippen LogP contribution >= 0.6 is 11.6 Å². The van der Waals surface area contributed by atoms with Crippen LogP contribution in [0.2, 0.25) is 5.02 Å². The van der Waals surface area contributed by atoms with E-state index in [1.165, 1.54) is 0 Å². The Kier molecular flexibility index (Phi) is 7.23. The summed E-state index contributed by atoms with van der Waals surface area (Å²) in [5.41, 5.74) is 3.03. The Bertz CT molecular complexity index is 892. The fraction of sp³-hybridized carbons (Fsp3) is 0.273. The van der Waals surface area contributed by atoms with Crippen LogP contribution in [-0.2, 0) is 0 Å². The minimum absolute atomic E-state index is 0.188. The topological polar surface area (TPSA) is 67.2 Å². The van der Waals surface area contributed by atoms with Gasteiger partial charge in [0.2, 0.25) is 0 Å². The summed E-state index contributed by atoms with van der Waals surface area (Å²) in [6.45, 7) is 0.815. The summed E-state index contributed by atoms with van der Waals surface area (Å²) in [4.78, 5) is 12.6. The third-order valence-electron chi connectivity index (χ3n) is 4.45. The zero-order valence-electron chi connectivity index (χ0n) is 15.6. The molecule has 1 heterocycles. The number of aliphatic hydroxyl groups is 1. The number of benzene rings is 2. The molecule has 3 rings (SSSR count). The average Bonchev–Trinajstić information content (AvgIpc) is 3.17. The van der Waals surface area contributed by atoms with Gasteiger partial charge in [0, 0.05) is 23.7 Å². The van der Waals surface area contributed by atoms with Crippen molar-refractivity contribution in [2.45, 2.75) is 25.7 Å². The number of nitrogens with zero attached hydrogens (tertiary/aromatic N) is 2. The minimum atomic E-state index is -0.188. The fourth-order valence-electron chi connectivity index (χ4n) is 2.97. The molecule has 0 spiro atoms. The highest BCUT2D eigenvalue weighted by Gasteiger charge is 2.16. The van der Waals surface area contributed by atoms with Crippen LogP contribution in [-0.4, -0.2) is 33.9 Å². The van der Waals surface area contributed by atoms with Gasteiger partial charge in [0.15, 0.2) is 5.69 Å². The number of carbonyl (C=O) groups is 1. The monoisotopic (exact) mass is 397 g/mol. The summed E-state index contributed by atoms with van der Waals surface area (Å²) in [5, 5.41) is 16.9. The molecule has 0 aliphatic carbocycles. The Morgan fingerprint density at radius 2 is 1.71 bits per heavy atom. The first-order chi connectivity index (χ1) is 13.7. The molecule has 146 valence electrons. The van der Waals surface area contributed by atoms with Crippen LogP contribution in [0.4, 0.5) is 0 Å². The minimum Gasteiger partial charge on any atom is -0.396 e. The number of rotatable bonds is 9. The first-order valence-electron chi connectivity index (χ1n) is 9.49. The summed E-state index contributed by atoms with van der Waals surface area (Å²) in [5.74, 6) is -0.188. The van der Waals surface area contributed by atoms with Crippen molar-refractivity contribution in [3.63, 3.8) is 0 Å². The zero-order valence-corrected chi connectivity index (χ0v) is 16.4. The van der Waals surface area contributed by atoms with Gasteiger partial charge in [0.25, 0.3) is 5.91 Å². The van der Waals surface area contributed by atoms with Crippen molar-refractivity contribution in [2.24, 2.45) is 0 Å². The highest BCUT2D eigenvalue weighted by atomic mass is 35.5. The van der Waals surface area contributed by atoms with Gasteiger partial charge in [-0.1, -0.05) is 54.8 Å². The highest BCUT2D eigenvalue weighted by molar-refractivity contribution is 6.30. The van der Waals surface area contributed by atoms with Crippen LogP contribution in [0.15, 0.2) is 60.7 Å². The molecule has 0 atom stereocenters. The van der Waals surface area contributed by atoms with Gasteiger partial charge in [-0.25, -0.2) is 4.68 Å². The smallest absolute Gasteiger partial charge is 0.271 e. The van der Waals surface area contributed by atoms with Crippen LogP contribution < -0.4 is 5.32 Å². The average molecular weight is 398 g/mol. The lowest BCUT2D eigenvalue weighted by Gasteiger charge is -2.07. The maximum absolute atomic E-state index is 12.6. The van der Waals surface area contributed by atoms with Crippen molar-refractivity contribution in [3.05, 3.63) is 71.4 Å². The van der Waals surface area contributed by atoms with Gasteiger partial charge in [-0.3, -0.25) is 4.79 Å². The predicted octanol–water partition coefficient (Wildman–Crippen LogP) is 4.48. The normalized spacial score (nSPS) is 10.8. The summed E-state index contributed by atoms with van der Waals surface area (Å²) in [6, 6.07) is 19.0. The summed E-state index contributed by atoms with van der Waals surface area (Å²) in [7, 11) is 0. The van der Waals surface area contributed by atoms with E-state index in [-0.39, 0.29) is 12.5 Å². The maximum Gasteiger partial charge on any atom is 0.271 e. The van der Waals surface area contributed by atoms with Crippen LogP contribution in [0.5, 0.6) is 0 Å². The number of hydrogen-bond donors (Lipinski definition) is 2. The lowest BCUT2D eigenvalue weighted by Crippen LogP contribution is -2.25. The molecule has 6 heteroatoms. The number of para-hydroxylation sites is 1. The molecule has 0 fully saturated rings. The quantitative estimate of drug-likeness (QED) is 0.523. The van der Waals surface area contributed by atoms with Crippen LogP contribution in [0, 0.1) is 0 Å². The van der Waals surface area contributed by atoms with E-state index >= 15 is 0 Å². The van der Waals surface area contributed by atoms with Gasteiger partial charge < -0.3 is 10.4 Å². The summed E-state index contributed by atoms with van der Waals surface area (Å²) in [6.07, 6.45) is 3.64. The number of halogens is 1. The van der Waals surface area contributed by atoms with Crippen molar-refractivity contribution in [2.75, 3.05) is 13.2 Å². The molecule has 28 heavy (non-hydrogen) atoms. The largest absolute Gasteiger partial charge is 0.396 e. The molecule has 0 saturated carbocycles. The summed E-state index contributed by atoms with van der Waals surface area (Å²) >= 11 is 6.01. The Labute approximate surface area is 170 Å². The number of aromatic nitrogens is 2. The van der Waals surface area contributed by atoms with Crippen molar-refractivity contribution < 1.29 is 9.90 Å². The molecular weight excluding hydrogens is 374 g/mol. The van der Waals surface area contributed by atoms with E-state index in [1.54, 1.807) is 10.7 Å². The fourth-order valence-corrected chi connectivity index (χ4v) is 3.09. The Balaban J connectivity index is 1.79. The number of nitrogens with one attached hydrogen (secondary N) is 1. The molecule has 0 unspecified atom stereocenters. The van der Waals surface area contributed by atoms with Crippen LogP contribution in [0.3, 0.4) is 0 Å². The SMILES string of the molecule is O=C(NCCCCCCO)c1cc(-c2ccc(Cl)cc2)n(-c2ccccc2)n1. The second-order valence-corrected chi connectivity index (χ2v) is 7.00. The molecular formula is C22H24ClN3O2. The van der Waals surface area contributed by atoms with Crippen molar-refractivity contribution in [1.82, 2.24) is 15.1 Å². The van der Waals surface area contributed by atoms with Crippen molar-refractivity contribution in [3.8, 4) is 16.9 Å². The van der Waals surface area contributed by atoms with Gasteiger partial charge in [-0.05, 0) is 43.2 Å². The van der Waals surface area contributed by atoms with E-state index < -0.39 is 0 Å². The molecule has 0 bridgehead atoms. The van der Waals surface area contributed by atoms with E-state index in [9.17, 15) is 4.79 Å². The second kappa shape index (κ2) is 10.1. The zero-order chi connectivity index (χ0) is 19.8. The standard InChI is InChI=1S/C22H24ClN3O2/c23-18-12-10-17(11-13-18)21-16-20(22(28)24-14-6-1-2-7-15-27)25-26(21)19-8-4-3-5-9-19/h3-5,8-13,16,27H,1-2,6-7,14-15H2,(H,24,28). The van der Waals surface area contributed by atoms with Crippen molar-refractivity contribution >= 4 is 17.5 Å². The number of amides is 1. The number of aliphatic hydroxyl groups excluding tert-OH is 1. The van der Waals surface area contributed by atoms with Gasteiger partial charge in [-0.2, -0.15) is 5.10 Å². The van der Waals surface area contributed by atoms with E-state index in [0.29, 0.717) is 17.3 Å². The molecule has 0 saturated heterocycles. The molecule has 2 N–H and O–H groups in total. The molecule has 1 aromatic heterocycles. The lowest BCUT2D eigenvalue weighted by molar-refractivity contribution is 0.0947. The van der Waals surface area contributed by atoms with E-state index in [4.69, 9.17) is 16.7 Å². The van der Waals surface area contributed by atoms with Crippen LogP contribution in [0.25, 0.3) is 16.9 Å². The Morgan fingerprint density at radius 1 is 1.00 bits per heavy atom. The van der Waals surface area contributed by atoms with Gasteiger partial charge in [0.1, 0.15) is 0 Å². The maximum atomic E-state index is 12.6. The molecule has 0 radical (unpaired) electrons. The highest BCUT2D eigenvalue weighted by Crippen LogP contribution is 2.25.